The minimum Gasteiger partial charge on any atom is -0.493 e. The van der Waals surface area contributed by atoms with Crippen molar-refractivity contribution in [3.05, 3.63) is 41.7 Å². The fourth-order valence-corrected chi connectivity index (χ4v) is 3.38. The summed E-state index contributed by atoms with van der Waals surface area (Å²) in [6.45, 7) is 6.34. The molecule has 0 spiro atoms. The minimum absolute atomic E-state index is 0.0100. The molecule has 1 amide bonds. The van der Waals surface area contributed by atoms with Crippen molar-refractivity contribution in [3.63, 3.8) is 0 Å². The number of aromatic nitrogens is 2. The lowest BCUT2D eigenvalue weighted by atomic mass is 9.79. The predicted octanol–water partition coefficient (Wildman–Crippen LogP) is 3.65. The molecule has 1 aliphatic heterocycles. The Balaban J connectivity index is 1.63. The van der Waals surface area contributed by atoms with E-state index in [0.29, 0.717) is 23.8 Å². The molecule has 2 heterocycles. The van der Waals surface area contributed by atoms with Crippen LogP contribution in [-0.4, -0.2) is 41.2 Å². The minimum atomic E-state index is -0.0100. The van der Waals surface area contributed by atoms with Gasteiger partial charge in [-0.15, -0.1) is 0 Å². The maximum Gasteiger partial charge on any atom is 0.274 e. The number of H-pyrrole nitrogens is 1. The molecule has 2 aromatic rings. The summed E-state index contributed by atoms with van der Waals surface area (Å²) in [6, 6.07) is 9.25. The molecule has 6 heteroatoms. The van der Waals surface area contributed by atoms with Crippen LogP contribution in [0.25, 0.3) is 0 Å². The van der Waals surface area contributed by atoms with E-state index in [2.05, 4.69) is 24.0 Å². The van der Waals surface area contributed by atoms with Crippen molar-refractivity contribution >= 4 is 5.91 Å². The van der Waals surface area contributed by atoms with E-state index in [0.717, 1.165) is 31.6 Å². The van der Waals surface area contributed by atoms with Crippen molar-refractivity contribution in [1.29, 1.82) is 0 Å². The molecule has 0 bridgehead atoms. The van der Waals surface area contributed by atoms with Crippen LogP contribution < -0.4 is 9.47 Å². The molecule has 1 fully saturated rings. The Kier molecular flexibility index (Phi) is 5.49. The van der Waals surface area contributed by atoms with Gasteiger partial charge in [0.2, 0.25) is 0 Å². The number of hydrogen-bond acceptors (Lipinski definition) is 4. The number of rotatable bonds is 6. The molecule has 0 unspecified atom stereocenters. The van der Waals surface area contributed by atoms with E-state index in [1.165, 1.54) is 6.42 Å². The van der Waals surface area contributed by atoms with E-state index >= 15 is 0 Å². The number of para-hydroxylation sites is 2. The van der Waals surface area contributed by atoms with Crippen molar-refractivity contribution in [2.24, 2.45) is 5.41 Å². The number of carbonyl (C=O) groups is 1. The molecule has 1 saturated heterocycles. The maximum atomic E-state index is 12.8. The number of piperidine rings is 1. The molecule has 3 rings (SSSR count). The lowest BCUT2D eigenvalue weighted by Gasteiger charge is -2.39. The van der Waals surface area contributed by atoms with Gasteiger partial charge in [-0.25, -0.2) is 0 Å². The molecule has 140 valence electrons. The molecule has 1 aromatic heterocycles. The molecule has 0 saturated carbocycles. The molecular formula is C20H27N3O3. The quantitative estimate of drug-likeness (QED) is 0.857. The lowest BCUT2D eigenvalue weighted by Crippen LogP contribution is -2.44. The Morgan fingerprint density at radius 1 is 1.35 bits per heavy atom. The summed E-state index contributed by atoms with van der Waals surface area (Å²) < 4.78 is 11.1. The monoisotopic (exact) mass is 357 g/mol. The van der Waals surface area contributed by atoms with Crippen LogP contribution in [0.15, 0.2) is 30.3 Å². The molecule has 0 aliphatic carbocycles. The van der Waals surface area contributed by atoms with Gasteiger partial charge in [-0.2, -0.15) is 5.10 Å². The summed E-state index contributed by atoms with van der Waals surface area (Å²) in [7, 11) is 1.61. The third kappa shape index (κ3) is 4.00. The van der Waals surface area contributed by atoms with Crippen LogP contribution in [-0.2, 0) is 6.61 Å². The molecule has 1 aliphatic rings. The van der Waals surface area contributed by atoms with E-state index in [1.807, 2.05) is 29.2 Å². The highest BCUT2D eigenvalue weighted by Gasteiger charge is 2.32. The molecular weight excluding hydrogens is 330 g/mol. The van der Waals surface area contributed by atoms with E-state index in [4.69, 9.17) is 9.47 Å². The van der Waals surface area contributed by atoms with Crippen LogP contribution in [0.4, 0.5) is 0 Å². The Labute approximate surface area is 154 Å². The summed E-state index contributed by atoms with van der Waals surface area (Å²) in [5.74, 6) is 1.33. The van der Waals surface area contributed by atoms with Crippen molar-refractivity contribution < 1.29 is 14.3 Å². The zero-order chi connectivity index (χ0) is 18.6. The molecule has 1 atom stereocenters. The Hall–Kier alpha value is -2.50. The number of carbonyl (C=O) groups excluding carboxylic acids is 1. The summed E-state index contributed by atoms with van der Waals surface area (Å²) in [5.41, 5.74) is 1.42. The summed E-state index contributed by atoms with van der Waals surface area (Å²) in [6.07, 6.45) is 3.30. The number of likely N-dealkylation sites (tertiary alicyclic amines) is 1. The predicted molar refractivity (Wildman–Crippen MR) is 99.4 cm³/mol. The summed E-state index contributed by atoms with van der Waals surface area (Å²) in [5, 5.41) is 7.10. The fraction of sp³-hybridized carbons (Fsp3) is 0.500. The second-order valence-corrected chi connectivity index (χ2v) is 7.21. The van der Waals surface area contributed by atoms with E-state index < -0.39 is 0 Å². The Morgan fingerprint density at radius 2 is 2.12 bits per heavy atom. The van der Waals surface area contributed by atoms with Gasteiger partial charge >= 0.3 is 0 Å². The first-order valence-electron chi connectivity index (χ1n) is 9.14. The fourth-order valence-electron chi connectivity index (χ4n) is 3.38. The average Bonchev–Trinajstić information content (AvgIpc) is 3.15. The van der Waals surface area contributed by atoms with Crippen LogP contribution >= 0.6 is 0 Å². The number of aromatic amines is 1. The summed E-state index contributed by atoms with van der Waals surface area (Å²) in [4.78, 5) is 14.7. The number of methoxy groups -OCH3 is 1. The standard InChI is InChI=1S/C20H27N3O3/c1-4-20(2)10-7-11-23(14-20)19(24)16-12-15(21-22-16)13-26-18-9-6-5-8-17(18)25-3/h5-6,8-9,12H,4,7,10-11,13-14H2,1-3H3,(H,21,22)/t20-/m0/s1. The highest BCUT2D eigenvalue weighted by molar-refractivity contribution is 5.92. The van der Waals surface area contributed by atoms with E-state index in [1.54, 1.807) is 13.2 Å². The average molecular weight is 357 g/mol. The van der Waals surface area contributed by atoms with Gasteiger partial charge in [-0.1, -0.05) is 26.0 Å². The van der Waals surface area contributed by atoms with Crippen LogP contribution in [0.2, 0.25) is 0 Å². The second-order valence-electron chi connectivity index (χ2n) is 7.21. The summed E-state index contributed by atoms with van der Waals surface area (Å²) >= 11 is 0. The Bertz CT molecular complexity index is 758. The van der Waals surface area contributed by atoms with Crippen LogP contribution in [0.1, 0.15) is 49.3 Å². The SMILES string of the molecule is CC[C@@]1(C)CCCN(C(=O)c2cc(COc3ccccc3OC)[nH]n2)C1. The van der Waals surface area contributed by atoms with Gasteiger partial charge in [0, 0.05) is 13.1 Å². The van der Waals surface area contributed by atoms with E-state index in [9.17, 15) is 4.79 Å². The van der Waals surface area contributed by atoms with Crippen LogP contribution in [0, 0.1) is 5.41 Å². The number of nitrogens with zero attached hydrogens (tertiary/aromatic N) is 2. The van der Waals surface area contributed by atoms with Crippen molar-refractivity contribution in [2.45, 2.75) is 39.7 Å². The second kappa shape index (κ2) is 7.81. The Morgan fingerprint density at radius 3 is 2.85 bits per heavy atom. The van der Waals surface area contributed by atoms with Gasteiger partial charge in [-0.3, -0.25) is 9.89 Å². The normalized spacial score (nSPS) is 20.0. The molecule has 0 radical (unpaired) electrons. The molecule has 6 nitrogen and oxygen atoms in total. The highest BCUT2D eigenvalue weighted by Crippen LogP contribution is 2.33. The molecule has 1 aromatic carbocycles. The lowest BCUT2D eigenvalue weighted by molar-refractivity contribution is 0.0537. The highest BCUT2D eigenvalue weighted by atomic mass is 16.5. The van der Waals surface area contributed by atoms with Gasteiger partial charge in [0.25, 0.3) is 5.91 Å². The number of nitrogens with one attached hydrogen (secondary N) is 1. The zero-order valence-electron chi connectivity index (χ0n) is 15.7. The zero-order valence-corrected chi connectivity index (χ0v) is 15.7. The van der Waals surface area contributed by atoms with Crippen molar-refractivity contribution in [3.8, 4) is 11.5 Å². The van der Waals surface area contributed by atoms with Gasteiger partial charge in [0.15, 0.2) is 17.2 Å². The van der Waals surface area contributed by atoms with E-state index in [-0.39, 0.29) is 11.3 Å². The number of amides is 1. The first-order valence-corrected chi connectivity index (χ1v) is 9.14. The molecule has 1 N–H and O–H groups in total. The number of hydrogen-bond donors (Lipinski definition) is 1. The first-order chi connectivity index (χ1) is 12.5. The topological polar surface area (TPSA) is 67.5 Å². The smallest absolute Gasteiger partial charge is 0.274 e. The van der Waals surface area contributed by atoms with Gasteiger partial charge < -0.3 is 14.4 Å². The maximum absolute atomic E-state index is 12.8. The number of benzene rings is 1. The largest absolute Gasteiger partial charge is 0.493 e. The number of ether oxygens (including phenoxy) is 2. The third-order valence-corrected chi connectivity index (χ3v) is 5.22. The van der Waals surface area contributed by atoms with Gasteiger partial charge in [-0.05, 0) is 42.9 Å². The van der Waals surface area contributed by atoms with Gasteiger partial charge in [0.1, 0.15) is 6.61 Å². The van der Waals surface area contributed by atoms with Crippen LogP contribution in [0.3, 0.4) is 0 Å². The third-order valence-electron chi connectivity index (χ3n) is 5.22. The van der Waals surface area contributed by atoms with Crippen molar-refractivity contribution in [1.82, 2.24) is 15.1 Å². The first kappa shape index (κ1) is 18.3. The molecule has 26 heavy (non-hydrogen) atoms. The van der Waals surface area contributed by atoms with Gasteiger partial charge in [0.05, 0.1) is 12.8 Å². The van der Waals surface area contributed by atoms with Crippen molar-refractivity contribution in [2.75, 3.05) is 20.2 Å². The van der Waals surface area contributed by atoms with Crippen LogP contribution in [0.5, 0.6) is 11.5 Å².